The van der Waals surface area contributed by atoms with Crippen molar-refractivity contribution < 1.29 is 9.66 Å². The summed E-state index contributed by atoms with van der Waals surface area (Å²) in [7, 11) is 0. The maximum atomic E-state index is 10.9. The van der Waals surface area contributed by atoms with Crippen LogP contribution < -0.4 is 4.74 Å². The minimum atomic E-state index is -0.577. The zero-order valence-corrected chi connectivity index (χ0v) is 11.1. The number of nitrogens with zero attached hydrogens (tertiary/aromatic N) is 3. The van der Waals surface area contributed by atoms with Gasteiger partial charge in [-0.05, 0) is 19.1 Å². The van der Waals surface area contributed by atoms with Crippen LogP contribution in [-0.4, -0.2) is 9.91 Å². The topological polar surface area (TPSA) is 89.0 Å². The second-order valence-corrected chi connectivity index (χ2v) is 4.35. The number of nitro groups is 1. The van der Waals surface area contributed by atoms with Crippen molar-refractivity contribution in [1.29, 1.82) is 5.26 Å². The van der Waals surface area contributed by atoms with Crippen molar-refractivity contribution in [2.75, 3.05) is 0 Å². The van der Waals surface area contributed by atoms with E-state index in [0.717, 1.165) is 0 Å². The molecule has 0 amide bonds. The molecule has 1 aromatic carbocycles. The Labute approximate surface area is 119 Å². The molecule has 0 spiro atoms. The molecule has 0 bridgehead atoms. The second-order valence-electron chi connectivity index (χ2n) is 3.92. The number of aromatic nitrogens is 1. The third-order valence-corrected chi connectivity index (χ3v) is 2.63. The van der Waals surface area contributed by atoms with Crippen LogP contribution in [0.1, 0.15) is 11.3 Å². The van der Waals surface area contributed by atoms with Gasteiger partial charge in [-0.1, -0.05) is 11.6 Å². The van der Waals surface area contributed by atoms with Gasteiger partial charge >= 0.3 is 5.69 Å². The number of benzene rings is 1. The molecule has 1 aromatic heterocycles. The van der Waals surface area contributed by atoms with Crippen LogP contribution >= 0.6 is 11.6 Å². The van der Waals surface area contributed by atoms with Crippen LogP contribution in [0.3, 0.4) is 0 Å². The van der Waals surface area contributed by atoms with E-state index in [9.17, 15) is 10.1 Å². The Morgan fingerprint density at radius 3 is 2.80 bits per heavy atom. The first-order valence-electron chi connectivity index (χ1n) is 5.50. The van der Waals surface area contributed by atoms with Gasteiger partial charge in [0.05, 0.1) is 16.6 Å². The number of aryl methyl sites for hydroxylation is 1. The first-order valence-corrected chi connectivity index (χ1v) is 5.88. The van der Waals surface area contributed by atoms with E-state index in [4.69, 9.17) is 21.6 Å². The van der Waals surface area contributed by atoms with E-state index in [1.54, 1.807) is 13.0 Å². The Balaban J connectivity index is 2.44. The highest BCUT2D eigenvalue weighted by Gasteiger charge is 2.17. The molecule has 0 aliphatic rings. The van der Waals surface area contributed by atoms with Crippen LogP contribution in [0.5, 0.6) is 11.6 Å². The monoisotopic (exact) mass is 289 g/mol. The molecule has 100 valence electrons. The van der Waals surface area contributed by atoms with Gasteiger partial charge in [0.25, 0.3) is 0 Å². The Morgan fingerprint density at radius 2 is 2.15 bits per heavy atom. The van der Waals surface area contributed by atoms with E-state index in [1.165, 1.54) is 24.3 Å². The molecule has 0 fully saturated rings. The van der Waals surface area contributed by atoms with Gasteiger partial charge in [0, 0.05) is 28.9 Å². The average molecular weight is 290 g/mol. The van der Waals surface area contributed by atoms with Crippen LogP contribution in [-0.2, 0) is 0 Å². The molecule has 20 heavy (non-hydrogen) atoms. The number of halogens is 1. The summed E-state index contributed by atoms with van der Waals surface area (Å²) in [6.07, 6.45) is 0. The van der Waals surface area contributed by atoms with Crippen LogP contribution in [0.4, 0.5) is 5.69 Å². The van der Waals surface area contributed by atoms with Crippen molar-refractivity contribution in [3.8, 4) is 17.7 Å². The predicted molar refractivity (Wildman–Crippen MR) is 71.9 cm³/mol. The van der Waals surface area contributed by atoms with Gasteiger partial charge in [0.15, 0.2) is 0 Å². The number of nitriles is 1. The van der Waals surface area contributed by atoms with Gasteiger partial charge in [-0.2, -0.15) is 5.26 Å². The quantitative estimate of drug-likeness (QED) is 0.636. The molecule has 0 atom stereocenters. The summed E-state index contributed by atoms with van der Waals surface area (Å²) in [6, 6.07) is 8.92. The Morgan fingerprint density at radius 1 is 1.40 bits per heavy atom. The Kier molecular flexibility index (Phi) is 3.82. The molecule has 1 heterocycles. The van der Waals surface area contributed by atoms with Gasteiger partial charge in [-0.25, -0.2) is 4.98 Å². The van der Waals surface area contributed by atoms with E-state index in [1.807, 2.05) is 6.07 Å². The lowest BCUT2D eigenvalue weighted by Gasteiger charge is -2.07. The molecule has 0 saturated heterocycles. The third kappa shape index (κ3) is 3.02. The average Bonchev–Trinajstić information content (AvgIpc) is 2.37. The van der Waals surface area contributed by atoms with Crippen molar-refractivity contribution in [3.63, 3.8) is 0 Å². The van der Waals surface area contributed by atoms with E-state index >= 15 is 0 Å². The first-order chi connectivity index (χ1) is 9.49. The molecular formula is C13H8ClN3O3. The number of rotatable bonds is 3. The van der Waals surface area contributed by atoms with E-state index < -0.39 is 4.92 Å². The highest BCUT2D eigenvalue weighted by Crippen LogP contribution is 2.33. The molecule has 2 rings (SSSR count). The van der Waals surface area contributed by atoms with Gasteiger partial charge in [-0.3, -0.25) is 10.1 Å². The fourth-order valence-corrected chi connectivity index (χ4v) is 1.75. The molecule has 6 nitrogen and oxygen atoms in total. The Bertz CT molecular complexity index is 725. The summed E-state index contributed by atoms with van der Waals surface area (Å²) >= 11 is 5.80. The van der Waals surface area contributed by atoms with Crippen molar-refractivity contribution in [2.24, 2.45) is 0 Å². The minimum absolute atomic E-state index is 0.0236. The standard InChI is InChI=1S/C13H8ClN3O3/c1-8-4-9(7-15)5-13(16-8)20-12-6-10(14)2-3-11(12)17(18)19/h2-6H,1H3. The van der Waals surface area contributed by atoms with E-state index in [2.05, 4.69) is 4.98 Å². The molecule has 0 saturated carbocycles. The number of hydrogen-bond donors (Lipinski definition) is 0. The summed E-state index contributed by atoms with van der Waals surface area (Å²) in [4.78, 5) is 14.4. The maximum Gasteiger partial charge on any atom is 0.311 e. The molecule has 0 aliphatic heterocycles. The molecule has 0 aliphatic carbocycles. The summed E-state index contributed by atoms with van der Waals surface area (Å²) in [5.74, 6) is 0.0800. The summed E-state index contributed by atoms with van der Waals surface area (Å²) in [6.45, 7) is 1.69. The van der Waals surface area contributed by atoms with Crippen LogP contribution in [0, 0.1) is 28.4 Å². The molecular weight excluding hydrogens is 282 g/mol. The second kappa shape index (κ2) is 5.55. The number of hydrogen-bond acceptors (Lipinski definition) is 5. The zero-order chi connectivity index (χ0) is 14.7. The minimum Gasteiger partial charge on any atom is -0.432 e. The van der Waals surface area contributed by atoms with Gasteiger partial charge in [-0.15, -0.1) is 0 Å². The largest absolute Gasteiger partial charge is 0.432 e. The predicted octanol–water partition coefficient (Wildman–Crippen LogP) is 3.62. The van der Waals surface area contributed by atoms with Gasteiger partial charge < -0.3 is 4.74 Å². The van der Waals surface area contributed by atoms with E-state index in [0.29, 0.717) is 16.3 Å². The molecule has 0 unspecified atom stereocenters. The van der Waals surface area contributed by atoms with Crippen LogP contribution in [0.2, 0.25) is 5.02 Å². The highest BCUT2D eigenvalue weighted by molar-refractivity contribution is 6.30. The molecule has 0 N–H and O–H groups in total. The number of ether oxygens (including phenoxy) is 1. The molecule has 7 heteroatoms. The van der Waals surface area contributed by atoms with Gasteiger partial charge in [0.1, 0.15) is 0 Å². The molecule has 2 aromatic rings. The van der Waals surface area contributed by atoms with Crippen molar-refractivity contribution >= 4 is 17.3 Å². The fraction of sp³-hybridized carbons (Fsp3) is 0.0769. The van der Waals surface area contributed by atoms with Crippen LogP contribution in [0.25, 0.3) is 0 Å². The zero-order valence-electron chi connectivity index (χ0n) is 10.3. The number of pyridine rings is 1. The van der Waals surface area contributed by atoms with Crippen LogP contribution in [0.15, 0.2) is 30.3 Å². The lowest BCUT2D eigenvalue weighted by Crippen LogP contribution is -1.96. The van der Waals surface area contributed by atoms with Crippen molar-refractivity contribution in [1.82, 2.24) is 4.98 Å². The van der Waals surface area contributed by atoms with Crippen molar-refractivity contribution in [3.05, 3.63) is 56.7 Å². The molecule has 0 radical (unpaired) electrons. The third-order valence-electron chi connectivity index (χ3n) is 2.39. The Hall–Kier alpha value is -2.65. The fourth-order valence-electron chi connectivity index (χ4n) is 1.59. The smallest absolute Gasteiger partial charge is 0.311 e. The van der Waals surface area contributed by atoms with Crippen molar-refractivity contribution in [2.45, 2.75) is 6.92 Å². The maximum absolute atomic E-state index is 10.9. The normalized spacial score (nSPS) is 9.85. The van der Waals surface area contributed by atoms with E-state index in [-0.39, 0.29) is 17.3 Å². The lowest BCUT2D eigenvalue weighted by molar-refractivity contribution is -0.385. The summed E-state index contributed by atoms with van der Waals surface area (Å²) in [5, 5.41) is 20.1. The SMILES string of the molecule is Cc1cc(C#N)cc(Oc2cc(Cl)ccc2[N+](=O)[O-])n1. The number of nitro benzene ring substituents is 1. The highest BCUT2D eigenvalue weighted by atomic mass is 35.5. The lowest BCUT2D eigenvalue weighted by atomic mass is 10.2. The summed E-state index contributed by atoms with van der Waals surface area (Å²) < 4.78 is 5.39. The summed E-state index contributed by atoms with van der Waals surface area (Å²) in [5.41, 5.74) is 0.706. The van der Waals surface area contributed by atoms with Gasteiger partial charge in [0.2, 0.25) is 11.6 Å². The first kappa shape index (κ1) is 13.8.